The molecule has 1 rings (SSSR count). The molecule has 0 spiro atoms. The highest BCUT2D eigenvalue weighted by atomic mass is 15.3. The largest absolute Gasteiger partial charge is 0.314 e. The molecule has 18 heavy (non-hydrogen) atoms. The number of nitrogens with zero attached hydrogens (tertiary/aromatic N) is 3. The Hall–Kier alpha value is -0.900. The van der Waals surface area contributed by atoms with Crippen molar-refractivity contribution in [3.8, 4) is 0 Å². The number of aryl methyl sites for hydroxylation is 1. The summed E-state index contributed by atoms with van der Waals surface area (Å²) in [4.78, 5) is 4.37. The van der Waals surface area contributed by atoms with E-state index in [-0.39, 0.29) is 0 Å². The number of rotatable bonds is 9. The first-order chi connectivity index (χ1) is 8.69. The number of nitrogens with one attached hydrogen (secondary N) is 1. The molecule has 0 aromatic carbocycles. The highest BCUT2D eigenvalue weighted by Gasteiger charge is 2.11. The average molecular weight is 252 g/mol. The molecule has 0 saturated carbocycles. The summed E-state index contributed by atoms with van der Waals surface area (Å²) in [7, 11) is 0. The van der Waals surface area contributed by atoms with Crippen molar-refractivity contribution >= 4 is 0 Å². The molecule has 1 N–H and O–H groups in total. The molecule has 0 saturated heterocycles. The molecule has 0 radical (unpaired) electrons. The molecule has 4 nitrogen and oxygen atoms in total. The molecule has 0 aliphatic rings. The minimum atomic E-state index is 0.399. The van der Waals surface area contributed by atoms with Crippen LogP contribution in [-0.4, -0.2) is 27.4 Å². The van der Waals surface area contributed by atoms with Gasteiger partial charge < -0.3 is 5.32 Å². The lowest BCUT2D eigenvalue weighted by Gasteiger charge is -2.18. The molecule has 0 aliphatic carbocycles. The van der Waals surface area contributed by atoms with Gasteiger partial charge in [-0.25, -0.2) is 9.67 Å². The van der Waals surface area contributed by atoms with E-state index in [1.807, 2.05) is 4.68 Å². The topological polar surface area (TPSA) is 42.7 Å². The summed E-state index contributed by atoms with van der Waals surface area (Å²) in [5, 5.41) is 7.91. The van der Waals surface area contributed by atoms with Gasteiger partial charge in [-0.2, -0.15) is 5.10 Å². The van der Waals surface area contributed by atoms with Gasteiger partial charge in [0, 0.05) is 18.5 Å². The minimum absolute atomic E-state index is 0.399. The van der Waals surface area contributed by atoms with Gasteiger partial charge in [-0.3, -0.25) is 0 Å². The van der Waals surface area contributed by atoms with Crippen molar-refractivity contribution in [3.05, 3.63) is 12.2 Å². The lowest BCUT2D eigenvalue weighted by Crippen LogP contribution is -2.30. The SMILES string of the molecule is CCCNC(CCC)CCc1ncnn1C(C)C. The molecule has 0 aliphatic heterocycles. The Labute approximate surface area is 111 Å². The Morgan fingerprint density at radius 1 is 1.22 bits per heavy atom. The van der Waals surface area contributed by atoms with Gasteiger partial charge in [-0.1, -0.05) is 20.3 Å². The zero-order valence-electron chi connectivity index (χ0n) is 12.3. The Morgan fingerprint density at radius 3 is 2.61 bits per heavy atom. The van der Waals surface area contributed by atoms with Gasteiger partial charge in [0.25, 0.3) is 0 Å². The molecular weight excluding hydrogens is 224 g/mol. The van der Waals surface area contributed by atoms with Gasteiger partial charge >= 0.3 is 0 Å². The molecule has 0 amide bonds. The number of aromatic nitrogens is 3. The summed E-state index contributed by atoms with van der Waals surface area (Å²) in [6.07, 6.45) is 7.51. The number of hydrogen-bond acceptors (Lipinski definition) is 3. The monoisotopic (exact) mass is 252 g/mol. The van der Waals surface area contributed by atoms with E-state index in [0.29, 0.717) is 12.1 Å². The van der Waals surface area contributed by atoms with E-state index < -0.39 is 0 Å². The first kappa shape index (κ1) is 15.2. The lowest BCUT2D eigenvalue weighted by atomic mass is 10.1. The highest BCUT2D eigenvalue weighted by Crippen LogP contribution is 2.10. The van der Waals surface area contributed by atoms with Crippen LogP contribution in [0.3, 0.4) is 0 Å². The summed E-state index contributed by atoms with van der Waals surface area (Å²) >= 11 is 0. The van der Waals surface area contributed by atoms with E-state index in [9.17, 15) is 0 Å². The molecular formula is C14H28N4. The van der Waals surface area contributed by atoms with Crippen LogP contribution in [0.25, 0.3) is 0 Å². The predicted molar refractivity (Wildman–Crippen MR) is 75.7 cm³/mol. The lowest BCUT2D eigenvalue weighted by molar-refractivity contribution is 0.431. The molecule has 1 atom stereocenters. The Kier molecular flexibility index (Phi) is 6.94. The molecule has 0 bridgehead atoms. The molecule has 1 heterocycles. The molecule has 1 unspecified atom stereocenters. The highest BCUT2D eigenvalue weighted by molar-refractivity contribution is 4.88. The van der Waals surface area contributed by atoms with E-state index >= 15 is 0 Å². The third kappa shape index (κ3) is 4.77. The Bertz CT molecular complexity index is 319. The van der Waals surface area contributed by atoms with Gasteiger partial charge in [0.15, 0.2) is 0 Å². The van der Waals surface area contributed by atoms with Crippen molar-refractivity contribution in [1.82, 2.24) is 20.1 Å². The maximum absolute atomic E-state index is 4.37. The summed E-state index contributed by atoms with van der Waals surface area (Å²) in [5.41, 5.74) is 0. The molecule has 0 fully saturated rings. The molecule has 1 aromatic rings. The quantitative estimate of drug-likeness (QED) is 0.735. The third-order valence-electron chi connectivity index (χ3n) is 3.17. The van der Waals surface area contributed by atoms with Crippen molar-refractivity contribution in [1.29, 1.82) is 0 Å². The summed E-state index contributed by atoms with van der Waals surface area (Å²) < 4.78 is 2.03. The van der Waals surface area contributed by atoms with Crippen LogP contribution in [0, 0.1) is 0 Å². The van der Waals surface area contributed by atoms with Crippen LogP contribution in [0.4, 0.5) is 0 Å². The van der Waals surface area contributed by atoms with E-state index in [1.54, 1.807) is 6.33 Å². The normalized spacial score (nSPS) is 13.2. The first-order valence-electron chi connectivity index (χ1n) is 7.30. The third-order valence-corrected chi connectivity index (χ3v) is 3.17. The van der Waals surface area contributed by atoms with Crippen LogP contribution in [-0.2, 0) is 6.42 Å². The van der Waals surface area contributed by atoms with Crippen LogP contribution in [0.1, 0.15) is 65.2 Å². The van der Waals surface area contributed by atoms with E-state index in [0.717, 1.165) is 25.2 Å². The van der Waals surface area contributed by atoms with Crippen molar-refractivity contribution in [2.45, 2.75) is 71.9 Å². The Morgan fingerprint density at radius 2 is 2.00 bits per heavy atom. The van der Waals surface area contributed by atoms with Crippen LogP contribution in [0.15, 0.2) is 6.33 Å². The fraction of sp³-hybridized carbons (Fsp3) is 0.857. The van der Waals surface area contributed by atoms with Crippen LogP contribution in [0.2, 0.25) is 0 Å². The van der Waals surface area contributed by atoms with Gasteiger partial charge in [-0.05, 0) is 39.7 Å². The van der Waals surface area contributed by atoms with Crippen molar-refractivity contribution in [3.63, 3.8) is 0 Å². The second-order valence-electron chi connectivity index (χ2n) is 5.19. The standard InChI is InChI=1S/C14H28N4/c1-5-7-13(15-10-6-2)8-9-14-16-11-17-18(14)12(3)4/h11-13,15H,5-10H2,1-4H3. The van der Waals surface area contributed by atoms with E-state index in [4.69, 9.17) is 0 Å². The van der Waals surface area contributed by atoms with Gasteiger partial charge in [0.1, 0.15) is 12.2 Å². The van der Waals surface area contributed by atoms with Crippen molar-refractivity contribution in [2.24, 2.45) is 0 Å². The van der Waals surface area contributed by atoms with E-state index in [2.05, 4.69) is 43.1 Å². The molecule has 1 aromatic heterocycles. The van der Waals surface area contributed by atoms with Crippen LogP contribution < -0.4 is 5.32 Å². The van der Waals surface area contributed by atoms with Crippen LogP contribution >= 0.6 is 0 Å². The van der Waals surface area contributed by atoms with E-state index in [1.165, 1.54) is 19.3 Å². The summed E-state index contributed by atoms with van der Waals surface area (Å²) in [6.45, 7) is 9.87. The zero-order chi connectivity index (χ0) is 13.4. The maximum atomic E-state index is 4.37. The van der Waals surface area contributed by atoms with Crippen molar-refractivity contribution in [2.75, 3.05) is 6.54 Å². The fourth-order valence-electron chi connectivity index (χ4n) is 2.23. The van der Waals surface area contributed by atoms with Gasteiger partial charge in [-0.15, -0.1) is 0 Å². The van der Waals surface area contributed by atoms with Gasteiger partial charge in [0.05, 0.1) is 0 Å². The molecule has 104 valence electrons. The zero-order valence-corrected chi connectivity index (χ0v) is 12.3. The first-order valence-corrected chi connectivity index (χ1v) is 7.30. The Balaban J connectivity index is 2.47. The maximum Gasteiger partial charge on any atom is 0.138 e. The van der Waals surface area contributed by atoms with Crippen molar-refractivity contribution < 1.29 is 0 Å². The molecule has 4 heteroatoms. The summed E-state index contributed by atoms with van der Waals surface area (Å²) in [5.74, 6) is 1.12. The fourth-order valence-corrected chi connectivity index (χ4v) is 2.23. The second kappa shape index (κ2) is 8.25. The van der Waals surface area contributed by atoms with Gasteiger partial charge in [0.2, 0.25) is 0 Å². The second-order valence-corrected chi connectivity index (χ2v) is 5.19. The number of hydrogen-bond donors (Lipinski definition) is 1. The van der Waals surface area contributed by atoms with Crippen LogP contribution in [0.5, 0.6) is 0 Å². The summed E-state index contributed by atoms with van der Waals surface area (Å²) in [6, 6.07) is 1.02. The minimum Gasteiger partial charge on any atom is -0.314 e. The average Bonchev–Trinajstić information content (AvgIpc) is 2.81. The smallest absolute Gasteiger partial charge is 0.138 e. The predicted octanol–water partition coefficient (Wildman–Crippen LogP) is 2.96.